The Bertz CT molecular complexity index is 3040. The lowest BCUT2D eigenvalue weighted by molar-refractivity contribution is 0.670. The van der Waals surface area contributed by atoms with Gasteiger partial charge in [-0.05, 0) is 51.9 Å². The van der Waals surface area contributed by atoms with Gasteiger partial charge in [-0.3, -0.25) is 10.4 Å². The third-order valence-corrected chi connectivity index (χ3v) is 11.4. The SMILES string of the molecule is N=C(NC(/N=C/c1ccc2c(c1)oc1c(-c3ccccc3)cccc12)c1cccc2sc3c4ccccc4c(-c4ccccc4)cc3c12)c1ccccc1. The summed E-state index contributed by atoms with van der Waals surface area (Å²) in [6.07, 6.45) is 1.36. The van der Waals surface area contributed by atoms with E-state index in [0.717, 1.165) is 55.1 Å². The molecule has 4 nitrogen and oxygen atoms in total. The van der Waals surface area contributed by atoms with Crippen molar-refractivity contribution in [2.75, 3.05) is 0 Å². The van der Waals surface area contributed by atoms with E-state index in [0.29, 0.717) is 5.84 Å². The number of rotatable bonds is 7. The van der Waals surface area contributed by atoms with E-state index >= 15 is 0 Å². The molecule has 0 bridgehead atoms. The Labute approximate surface area is 316 Å². The maximum absolute atomic E-state index is 9.14. The Morgan fingerprint density at radius 1 is 0.593 bits per heavy atom. The van der Waals surface area contributed by atoms with E-state index in [1.54, 1.807) is 0 Å². The number of hydrogen-bond acceptors (Lipinski definition) is 4. The van der Waals surface area contributed by atoms with Gasteiger partial charge in [0.1, 0.15) is 23.2 Å². The normalized spacial score (nSPS) is 12.4. The van der Waals surface area contributed by atoms with Crippen LogP contribution in [0.5, 0.6) is 0 Å². The summed E-state index contributed by atoms with van der Waals surface area (Å²) in [5.41, 5.74) is 9.00. The Balaban J connectivity index is 1.12. The van der Waals surface area contributed by atoms with Crippen molar-refractivity contribution >= 4 is 76.3 Å². The summed E-state index contributed by atoms with van der Waals surface area (Å²) < 4.78 is 8.99. The van der Waals surface area contributed by atoms with Gasteiger partial charge in [0.15, 0.2) is 0 Å². The van der Waals surface area contributed by atoms with Crippen molar-refractivity contribution in [3.8, 4) is 22.3 Å². The summed E-state index contributed by atoms with van der Waals surface area (Å²) in [7, 11) is 0. The first kappa shape index (κ1) is 31.9. The van der Waals surface area contributed by atoms with E-state index in [-0.39, 0.29) is 0 Å². The molecule has 1 unspecified atom stereocenters. The number of para-hydroxylation sites is 1. The number of furan rings is 1. The first-order chi connectivity index (χ1) is 26.7. The zero-order valence-corrected chi connectivity index (χ0v) is 30.0. The molecule has 0 saturated heterocycles. The van der Waals surface area contributed by atoms with Crippen molar-refractivity contribution in [3.63, 3.8) is 0 Å². The summed E-state index contributed by atoms with van der Waals surface area (Å²) in [4.78, 5) is 5.22. The van der Waals surface area contributed by atoms with Crippen LogP contribution in [0.25, 0.3) is 75.1 Å². The second-order valence-corrected chi connectivity index (χ2v) is 14.6. The summed E-state index contributed by atoms with van der Waals surface area (Å²) in [5, 5.41) is 19.6. The lowest BCUT2D eigenvalue weighted by atomic mass is 9.94. The molecule has 2 N–H and O–H groups in total. The van der Waals surface area contributed by atoms with Crippen LogP contribution in [-0.4, -0.2) is 12.1 Å². The fourth-order valence-corrected chi connectivity index (χ4v) is 8.94. The molecule has 0 amide bonds. The molecule has 8 aromatic carbocycles. The predicted molar refractivity (Wildman–Crippen MR) is 228 cm³/mol. The minimum absolute atomic E-state index is 0.311. The van der Waals surface area contributed by atoms with Crippen LogP contribution in [0, 0.1) is 5.41 Å². The number of benzene rings is 8. The van der Waals surface area contributed by atoms with Crippen LogP contribution in [-0.2, 0) is 0 Å². The highest BCUT2D eigenvalue weighted by Crippen LogP contribution is 2.45. The van der Waals surface area contributed by atoms with Crippen LogP contribution in [0.3, 0.4) is 0 Å². The molecule has 0 aliphatic carbocycles. The summed E-state index contributed by atoms with van der Waals surface area (Å²) in [5.74, 6) is 0.311. The van der Waals surface area contributed by atoms with Crippen LogP contribution in [0.2, 0.25) is 0 Å². The van der Waals surface area contributed by atoms with E-state index in [1.165, 1.54) is 36.7 Å². The topological polar surface area (TPSA) is 61.4 Å². The molecule has 0 radical (unpaired) electrons. The molecular formula is C49H33N3OS. The molecule has 2 heterocycles. The van der Waals surface area contributed by atoms with Crippen LogP contribution in [0.4, 0.5) is 0 Å². The van der Waals surface area contributed by atoms with Crippen molar-refractivity contribution in [1.29, 1.82) is 5.41 Å². The molecule has 1 atom stereocenters. The second kappa shape index (κ2) is 13.3. The second-order valence-electron chi connectivity index (χ2n) is 13.5. The van der Waals surface area contributed by atoms with Gasteiger partial charge in [-0.25, -0.2) is 0 Å². The molecule has 256 valence electrons. The van der Waals surface area contributed by atoms with Gasteiger partial charge < -0.3 is 9.73 Å². The Kier molecular flexibility index (Phi) is 7.85. The van der Waals surface area contributed by atoms with Gasteiger partial charge in [0.2, 0.25) is 0 Å². The Morgan fingerprint density at radius 2 is 1.26 bits per heavy atom. The van der Waals surface area contributed by atoms with Crippen molar-refractivity contribution in [3.05, 3.63) is 193 Å². The molecule has 2 aromatic heterocycles. The lowest BCUT2D eigenvalue weighted by Crippen LogP contribution is -2.27. The van der Waals surface area contributed by atoms with Crippen LogP contribution >= 0.6 is 11.3 Å². The van der Waals surface area contributed by atoms with Crippen molar-refractivity contribution in [2.45, 2.75) is 6.17 Å². The highest BCUT2D eigenvalue weighted by Gasteiger charge is 2.21. The number of nitrogens with zero attached hydrogens (tertiary/aromatic N) is 1. The van der Waals surface area contributed by atoms with Gasteiger partial charge in [0, 0.05) is 59.2 Å². The molecule has 0 fully saturated rings. The highest BCUT2D eigenvalue weighted by molar-refractivity contribution is 7.26. The quantitative estimate of drug-likeness (QED) is 0.128. The third kappa shape index (κ3) is 5.54. The van der Waals surface area contributed by atoms with Crippen molar-refractivity contribution in [2.24, 2.45) is 4.99 Å². The molecule has 0 spiro atoms. The smallest absolute Gasteiger partial charge is 0.146 e. The average Bonchev–Trinajstić information content (AvgIpc) is 3.81. The Morgan fingerprint density at radius 3 is 2.04 bits per heavy atom. The zero-order valence-electron chi connectivity index (χ0n) is 29.2. The van der Waals surface area contributed by atoms with Crippen LogP contribution in [0.15, 0.2) is 185 Å². The largest absolute Gasteiger partial charge is 0.455 e. The minimum Gasteiger partial charge on any atom is -0.455 e. The summed E-state index contributed by atoms with van der Waals surface area (Å²) in [6, 6.07) is 60.9. The highest BCUT2D eigenvalue weighted by atomic mass is 32.1. The lowest BCUT2D eigenvalue weighted by Gasteiger charge is -2.19. The molecule has 54 heavy (non-hydrogen) atoms. The fourth-order valence-electron chi connectivity index (χ4n) is 7.68. The monoisotopic (exact) mass is 711 g/mol. The van der Waals surface area contributed by atoms with Gasteiger partial charge in [0.05, 0.1) is 0 Å². The molecule has 10 rings (SSSR count). The zero-order chi connectivity index (χ0) is 36.0. The number of hydrogen-bond donors (Lipinski definition) is 2. The Hall–Kier alpha value is -6.82. The van der Waals surface area contributed by atoms with Crippen molar-refractivity contribution < 1.29 is 4.42 Å². The first-order valence-corrected chi connectivity index (χ1v) is 18.9. The van der Waals surface area contributed by atoms with Crippen LogP contribution < -0.4 is 5.32 Å². The first-order valence-electron chi connectivity index (χ1n) is 18.1. The van der Waals surface area contributed by atoms with Gasteiger partial charge in [-0.15, -0.1) is 11.3 Å². The standard InChI is InChI=1S/C49H33N3OS/c50-48(34-18-8-3-9-19-34)52-49(51-30-31-26-27-37-38-23-12-22-35(32-14-4-1-5-15-32)46(38)53-43(37)28-31)40-24-13-25-44-45(40)42-29-41(33-16-6-2-7-17-33)36-20-10-11-21-39(36)47(42)54-44/h1-30,49H,(H2,50,52)/b51-30+. The minimum atomic E-state index is -0.540. The van der Waals surface area contributed by atoms with Gasteiger partial charge >= 0.3 is 0 Å². The van der Waals surface area contributed by atoms with Crippen molar-refractivity contribution in [1.82, 2.24) is 5.32 Å². The maximum atomic E-state index is 9.14. The number of nitrogens with one attached hydrogen (secondary N) is 2. The van der Waals surface area contributed by atoms with Gasteiger partial charge in [-0.2, -0.15) is 0 Å². The van der Waals surface area contributed by atoms with E-state index in [9.17, 15) is 0 Å². The van der Waals surface area contributed by atoms with Crippen LogP contribution in [0.1, 0.15) is 22.9 Å². The summed E-state index contributed by atoms with van der Waals surface area (Å²) >= 11 is 1.81. The van der Waals surface area contributed by atoms with Gasteiger partial charge in [-0.1, -0.05) is 152 Å². The number of fused-ring (bicyclic) bond motifs is 8. The van der Waals surface area contributed by atoms with E-state index in [1.807, 2.05) is 53.9 Å². The molecule has 0 aliphatic rings. The average molecular weight is 712 g/mol. The fraction of sp³-hybridized carbons (Fsp3) is 0.0204. The predicted octanol–water partition coefficient (Wildman–Crippen LogP) is 13.2. The number of thiophene rings is 1. The van der Waals surface area contributed by atoms with E-state index < -0.39 is 6.17 Å². The maximum Gasteiger partial charge on any atom is 0.146 e. The summed E-state index contributed by atoms with van der Waals surface area (Å²) in [6.45, 7) is 0. The van der Waals surface area contributed by atoms with E-state index in [4.69, 9.17) is 14.8 Å². The molecule has 0 saturated carbocycles. The molecule has 5 heteroatoms. The molecular weight excluding hydrogens is 679 g/mol. The van der Waals surface area contributed by atoms with E-state index in [2.05, 4.69) is 145 Å². The number of amidine groups is 1. The molecule has 0 aliphatic heterocycles. The third-order valence-electron chi connectivity index (χ3n) is 10.2. The number of aliphatic imine (C=N–C) groups is 1. The van der Waals surface area contributed by atoms with Gasteiger partial charge in [0.25, 0.3) is 0 Å². The molecule has 10 aromatic rings.